The third kappa shape index (κ3) is 3.04. The third-order valence-electron chi connectivity index (χ3n) is 3.79. The average Bonchev–Trinajstić information content (AvgIpc) is 3.25. The SMILES string of the molecule is O=C(Nc1ccc(F)c(C2=Nc3ncc(Cl)cc3C2)c1)c1ccco1. The second kappa shape index (κ2) is 6.14. The Morgan fingerprint density at radius 3 is 2.96 bits per heavy atom. The molecule has 0 spiro atoms. The lowest BCUT2D eigenvalue weighted by Gasteiger charge is -2.07. The summed E-state index contributed by atoms with van der Waals surface area (Å²) in [6, 6.07) is 9.25. The number of carbonyl (C=O) groups is 1. The number of hydrogen-bond donors (Lipinski definition) is 1. The fraction of sp³-hybridized carbons (Fsp3) is 0.0556. The number of aliphatic imine (C=N–C) groups is 1. The van der Waals surface area contributed by atoms with Gasteiger partial charge in [0, 0.05) is 29.4 Å². The second-order valence-electron chi connectivity index (χ2n) is 5.50. The molecule has 3 heterocycles. The van der Waals surface area contributed by atoms with E-state index in [-0.39, 0.29) is 5.76 Å². The fourth-order valence-corrected chi connectivity index (χ4v) is 2.81. The molecule has 0 unspecified atom stereocenters. The minimum Gasteiger partial charge on any atom is -0.459 e. The number of carbonyl (C=O) groups excluding carboxylic acids is 1. The summed E-state index contributed by atoms with van der Waals surface area (Å²) in [7, 11) is 0. The molecule has 1 N–H and O–H groups in total. The first-order valence-electron chi connectivity index (χ1n) is 7.47. The van der Waals surface area contributed by atoms with E-state index in [2.05, 4.69) is 15.3 Å². The molecule has 0 fully saturated rings. The van der Waals surface area contributed by atoms with Crippen LogP contribution < -0.4 is 5.32 Å². The summed E-state index contributed by atoms with van der Waals surface area (Å²) in [6.45, 7) is 0. The van der Waals surface area contributed by atoms with Crippen molar-refractivity contribution in [3.63, 3.8) is 0 Å². The predicted octanol–water partition coefficient (Wildman–Crippen LogP) is 4.40. The number of rotatable bonds is 3. The molecule has 0 radical (unpaired) electrons. The van der Waals surface area contributed by atoms with Crippen LogP contribution >= 0.6 is 11.6 Å². The van der Waals surface area contributed by atoms with Crippen LogP contribution in [0, 0.1) is 5.82 Å². The summed E-state index contributed by atoms with van der Waals surface area (Å²) >= 11 is 5.94. The summed E-state index contributed by atoms with van der Waals surface area (Å²) in [6.07, 6.45) is 3.34. The van der Waals surface area contributed by atoms with Crippen LogP contribution in [0.4, 0.5) is 15.9 Å². The van der Waals surface area contributed by atoms with Crippen LogP contribution in [0.1, 0.15) is 21.7 Å². The van der Waals surface area contributed by atoms with E-state index in [0.29, 0.717) is 34.2 Å². The van der Waals surface area contributed by atoms with Crippen molar-refractivity contribution in [3.05, 3.63) is 76.6 Å². The van der Waals surface area contributed by atoms with Gasteiger partial charge in [-0.3, -0.25) is 4.79 Å². The van der Waals surface area contributed by atoms with Crippen LogP contribution in [0.3, 0.4) is 0 Å². The number of pyridine rings is 1. The van der Waals surface area contributed by atoms with Crippen molar-refractivity contribution < 1.29 is 13.6 Å². The quantitative estimate of drug-likeness (QED) is 0.757. The van der Waals surface area contributed by atoms with Gasteiger partial charge in [-0.25, -0.2) is 14.4 Å². The molecule has 0 bridgehead atoms. The smallest absolute Gasteiger partial charge is 0.291 e. The molecule has 0 aliphatic carbocycles. The summed E-state index contributed by atoms with van der Waals surface area (Å²) in [5.74, 6) is -0.125. The average molecular weight is 356 g/mol. The molecular weight excluding hydrogens is 345 g/mol. The van der Waals surface area contributed by atoms with E-state index in [4.69, 9.17) is 16.0 Å². The molecule has 4 rings (SSSR count). The van der Waals surface area contributed by atoms with Crippen molar-refractivity contribution in [2.24, 2.45) is 4.99 Å². The standard InChI is InChI=1S/C18H11ClFN3O2/c19-11-6-10-7-15(23-17(10)21-9-11)13-8-12(3-4-14(13)20)22-18(24)16-2-1-5-25-16/h1-6,8-9H,7H2,(H,22,24). The molecule has 7 heteroatoms. The minimum absolute atomic E-state index is 0.176. The number of furan rings is 1. The lowest BCUT2D eigenvalue weighted by molar-refractivity contribution is 0.0996. The van der Waals surface area contributed by atoms with Crippen molar-refractivity contribution in [2.45, 2.75) is 6.42 Å². The van der Waals surface area contributed by atoms with Crippen molar-refractivity contribution in [1.82, 2.24) is 4.98 Å². The zero-order valence-corrected chi connectivity index (χ0v) is 13.5. The topological polar surface area (TPSA) is 67.5 Å². The molecule has 3 aromatic rings. The van der Waals surface area contributed by atoms with Gasteiger partial charge in [0.25, 0.3) is 5.91 Å². The molecule has 1 amide bonds. The van der Waals surface area contributed by atoms with Crippen LogP contribution in [0.15, 0.2) is 58.3 Å². The van der Waals surface area contributed by atoms with Crippen LogP contribution in [0.5, 0.6) is 0 Å². The van der Waals surface area contributed by atoms with Crippen molar-refractivity contribution >= 4 is 34.7 Å². The normalized spacial score (nSPS) is 12.6. The van der Waals surface area contributed by atoms with Gasteiger partial charge in [0.2, 0.25) is 0 Å². The Bertz CT molecular complexity index is 1000. The Balaban J connectivity index is 1.62. The molecule has 0 saturated heterocycles. The van der Waals surface area contributed by atoms with E-state index in [1.807, 2.05) is 0 Å². The number of nitrogens with one attached hydrogen (secondary N) is 1. The summed E-state index contributed by atoms with van der Waals surface area (Å²) in [5, 5.41) is 3.18. The Morgan fingerprint density at radius 1 is 1.28 bits per heavy atom. The monoisotopic (exact) mass is 355 g/mol. The number of hydrogen-bond acceptors (Lipinski definition) is 4. The van der Waals surface area contributed by atoms with Gasteiger partial charge in [-0.2, -0.15) is 0 Å². The van der Waals surface area contributed by atoms with Gasteiger partial charge in [-0.05, 0) is 36.4 Å². The molecule has 1 aliphatic heterocycles. The highest BCUT2D eigenvalue weighted by Crippen LogP contribution is 2.30. The number of amides is 1. The first kappa shape index (κ1) is 15.5. The summed E-state index contributed by atoms with van der Waals surface area (Å²) in [4.78, 5) is 20.6. The van der Waals surface area contributed by atoms with Gasteiger partial charge in [-0.1, -0.05) is 11.6 Å². The molecule has 0 saturated carbocycles. The maximum absolute atomic E-state index is 14.3. The van der Waals surface area contributed by atoms with E-state index in [1.54, 1.807) is 24.3 Å². The van der Waals surface area contributed by atoms with Crippen LogP contribution in [-0.4, -0.2) is 16.6 Å². The fourth-order valence-electron chi connectivity index (χ4n) is 2.63. The Morgan fingerprint density at radius 2 is 2.16 bits per heavy atom. The van der Waals surface area contributed by atoms with Gasteiger partial charge in [0.15, 0.2) is 11.6 Å². The van der Waals surface area contributed by atoms with Crippen LogP contribution in [0.25, 0.3) is 0 Å². The molecule has 2 aromatic heterocycles. The highest BCUT2D eigenvalue weighted by molar-refractivity contribution is 6.30. The largest absolute Gasteiger partial charge is 0.459 e. The molecule has 1 aliphatic rings. The number of benzene rings is 1. The Hall–Kier alpha value is -2.99. The maximum Gasteiger partial charge on any atom is 0.291 e. The predicted molar refractivity (Wildman–Crippen MR) is 92.2 cm³/mol. The second-order valence-corrected chi connectivity index (χ2v) is 5.93. The lowest BCUT2D eigenvalue weighted by atomic mass is 10.0. The highest BCUT2D eigenvalue weighted by Gasteiger charge is 2.21. The van der Waals surface area contributed by atoms with Gasteiger partial charge < -0.3 is 9.73 Å². The molecule has 124 valence electrons. The van der Waals surface area contributed by atoms with Crippen molar-refractivity contribution in [3.8, 4) is 0 Å². The lowest BCUT2D eigenvalue weighted by Crippen LogP contribution is -2.12. The van der Waals surface area contributed by atoms with Gasteiger partial charge in [-0.15, -0.1) is 0 Å². The first-order chi connectivity index (χ1) is 12.1. The van der Waals surface area contributed by atoms with Gasteiger partial charge in [0.05, 0.1) is 17.0 Å². The number of nitrogens with zero attached hydrogens (tertiary/aromatic N) is 2. The number of halogens is 2. The van der Waals surface area contributed by atoms with E-state index in [0.717, 1.165) is 5.56 Å². The minimum atomic E-state index is -0.423. The molecular formula is C18H11ClFN3O2. The summed E-state index contributed by atoms with van der Waals surface area (Å²) < 4.78 is 19.3. The zero-order valence-electron chi connectivity index (χ0n) is 12.8. The highest BCUT2D eigenvalue weighted by atomic mass is 35.5. The van der Waals surface area contributed by atoms with E-state index in [1.165, 1.54) is 24.6 Å². The van der Waals surface area contributed by atoms with Crippen LogP contribution in [-0.2, 0) is 6.42 Å². The van der Waals surface area contributed by atoms with E-state index >= 15 is 0 Å². The van der Waals surface area contributed by atoms with Crippen LogP contribution in [0.2, 0.25) is 5.02 Å². The van der Waals surface area contributed by atoms with E-state index in [9.17, 15) is 9.18 Å². The zero-order chi connectivity index (χ0) is 17.4. The Kier molecular flexibility index (Phi) is 3.82. The Labute approximate surface area is 147 Å². The maximum atomic E-state index is 14.3. The number of anilines is 1. The van der Waals surface area contributed by atoms with Crippen molar-refractivity contribution in [2.75, 3.05) is 5.32 Å². The molecule has 1 aromatic carbocycles. The molecule has 5 nitrogen and oxygen atoms in total. The first-order valence-corrected chi connectivity index (χ1v) is 7.85. The number of fused-ring (bicyclic) bond motifs is 1. The number of aromatic nitrogens is 1. The molecule has 0 atom stereocenters. The van der Waals surface area contributed by atoms with Crippen molar-refractivity contribution in [1.29, 1.82) is 0 Å². The van der Waals surface area contributed by atoms with E-state index < -0.39 is 11.7 Å². The van der Waals surface area contributed by atoms with Gasteiger partial charge in [0.1, 0.15) is 5.82 Å². The molecule has 25 heavy (non-hydrogen) atoms. The summed E-state index contributed by atoms with van der Waals surface area (Å²) in [5.41, 5.74) is 2.14. The van der Waals surface area contributed by atoms with Gasteiger partial charge >= 0.3 is 0 Å². The third-order valence-corrected chi connectivity index (χ3v) is 4.00.